The molecule has 0 fully saturated rings. The van der Waals surface area contributed by atoms with Crippen molar-refractivity contribution in [2.75, 3.05) is 18.5 Å². The molecule has 2 aromatic carbocycles. The van der Waals surface area contributed by atoms with Gasteiger partial charge >= 0.3 is 5.97 Å². The standard InChI is InChI=1S/C25H27Cl2N3O3S/c1-5-30-15(4)21(24(32)33-13-14(2)3)22(29-25(30)34)16-6-8-20(9-7-16)28-23(31)17-10-18(26)12-19(27)11-17/h6-12,14,22H,5,13H2,1-4H3,(H,28,31)(H,29,34). The fourth-order valence-electron chi connectivity index (χ4n) is 3.64. The van der Waals surface area contributed by atoms with Crippen LogP contribution in [-0.4, -0.2) is 35.0 Å². The highest BCUT2D eigenvalue weighted by Gasteiger charge is 2.34. The molecule has 34 heavy (non-hydrogen) atoms. The Morgan fingerprint density at radius 2 is 1.76 bits per heavy atom. The summed E-state index contributed by atoms with van der Waals surface area (Å²) < 4.78 is 5.55. The van der Waals surface area contributed by atoms with E-state index in [1.807, 2.05) is 44.7 Å². The second kappa shape index (κ2) is 11.2. The number of ether oxygens (including phenoxy) is 1. The zero-order chi connectivity index (χ0) is 25.0. The number of esters is 1. The van der Waals surface area contributed by atoms with Crippen molar-refractivity contribution in [3.63, 3.8) is 0 Å². The summed E-state index contributed by atoms with van der Waals surface area (Å²) in [6, 6.07) is 11.4. The minimum absolute atomic E-state index is 0.223. The molecule has 6 nitrogen and oxygen atoms in total. The zero-order valence-corrected chi connectivity index (χ0v) is 21.8. The second-order valence-electron chi connectivity index (χ2n) is 8.35. The van der Waals surface area contributed by atoms with Gasteiger partial charge < -0.3 is 20.3 Å². The molecule has 9 heteroatoms. The van der Waals surface area contributed by atoms with Crippen LogP contribution in [0.5, 0.6) is 0 Å². The summed E-state index contributed by atoms with van der Waals surface area (Å²) in [4.78, 5) is 27.5. The van der Waals surface area contributed by atoms with Crippen molar-refractivity contribution in [2.45, 2.75) is 33.7 Å². The van der Waals surface area contributed by atoms with E-state index in [0.717, 1.165) is 11.3 Å². The van der Waals surface area contributed by atoms with Gasteiger partial charge in [-0.3, -0.25) is 4.79 Å². The predicted molar refractivity (Wildman–Crippen MR) is 140 cm³/mol. The Morgan fingerprint density at radius 3 is 2.32 bits per heavy atom. The largest absolute Gasteiger partial charge is 0.462 e. The average Bonchev–Trinajstić information content (AvgIpc) is 2.77. The minimum atomic E-state index is -0.466. The van der Waals surface area contributed by atoms with E-state index in [9.17, 15) is 9.59 Å². The number of halogens is 2. The van der Waals surface area contributed by atoms with Crippen LogP contribution in [0.3, 0.4) is 0 Å². The molecule has 1 atom stereocenters. The lowest BCUT2D eigenvalue weighted by Gasteiger charge is -2.37. The van der Waals surface area contributed by atoms with E-state index in [1.165, 1.54) is 0 Å². The van der Waals surface area contributed by atoms with Gasteiger partial charge in [-0.15, -0.1) is 0 Å². The van der Waals surface area contributed by atoms with Crippen molar-refractivity contribution in [1.82, 2.24) is 10.2 Å². The van der Waals surface area contributed by atoms with E-state index in [-0.39, 0.29) is 17.8 Å². The van der Waals surface area contributed by atoms with E-state index < -0.39 is 6.04 Å². The number of nitrogens with one attached hydrogen (secondary N) is 2. The van der Waals surface area contributed by atoms with Gasteiger partial charge in [-0.1, -0.05) is 49.2 Å². The van der Waals surface area contributed by atoms with Crippen LogP contribution >= 0.6 is 35.4 Å². The van der Waals surface area contributed by atoms with Crippen molar-refractivity contribution in [2.24, 2.45) is 5.92 Å². The SMILES string of the molecule is CCN1C(=S)NC(c2ccc(NC(=O)c3cc(Cl)cc(Cl)c3)cc2)C(C(=O)OCC(C)C)=C1C. The van der Waals surface area contributed by atoms with Crippen LogP contribution in [0, 0.1) is 5.92 Å². The lowest BCUT2D eigenvalue weighted by atomic mass is 9.94. The number of allylic oxidation sites excluding steroid dienone is 1. The number of carbonyl (C=O) groups is 2. The number of nitrogens with zero attached hydrogens (tertiary/aromatic N) is 1. The van der Waals surface area contributed by atoms with E-state index in [0.29, 0.717) is 45.1 Å². The van der Waals surface area contributed by atoms with Crippen molar-refractivity contribution in [3.05, 3.63) is 74.9 Å². The molecule has 0 aliphatic carbocycles. The Morgan fingerprint density at radius 1 is 1.15 bits per heavy atom. The molecule has 0 saturated heterocycles. The maximum Gasteiger partial charge on any atom is 0.338 e. The van der Waals surface area contributed by atoms with Gasteiger partial charge in [-0.05, 0) is 67.9 Å². The highest BCUT2D eigenvalue weighted by atomic mass is 35.5. The lowest BCUT2D eigenvalue weighted by molar-refractivity contribution is -0.140. The van der Waals surface area contributed by atoms with E-state index in [1.54, 1.807) is 30.3 Å². The highest BCUT2D eigenvalue weighted by molar-refractivity contribution is 7.80. The fourth-order valence-corrected chi connectivity index (χ4v) is 4.55. The summed E-state index contributed by atoms with van der Waals surface area (Å²) in [5.74, 6) is -0.484. The molecule has 0 radical (unpaired) electrons. The molecule has 1 unspecified atom stereocenters. The molecule has 2 aromatic rings. The summed E-state index contributed by atoms with van der Waals surface area (Å²) in [6.07, 6.45) is 0. The van der Waals surface area contributed by atoms with Crippen LogP contribution in [0.4, 0.5) is 5.69 Å². The van der Waals surface area contributed by atoms with Gasteiger partial charge in [0.25, 0.3) is 5.91 Å². The second-order valence-corrected chi connectivity index (χ2v) is 9.61. The van der Waals surface area contributed by atoms with Crippen LogP contribution in [0.25, 0.3) is 0 Å². The van der Waals surface area contributed by atoms with Gasteiger partial charge in [0.2, 0.25) is 0 Å². The van der Waals surface area contributed by atoms with Gasteiger partial charge in [0.05, 0.1) is 18.2 Å². The number of thiocarbonyl (C=S) groups is 1. The minimum Gasteiger partial charge on any atom is -0.462 e. The molecule has 1 aliphatic heterocycles. The first-order valence-corrected chi connectivity index (χ1v) is 12.1. The quantitative estimate of drug-likeness (QED) is 0.346. The third-order valence-corrected chi connectivity index (χ3v) is 6.08. The summed E-state index contributed by atoms with van der Waals surface area (Å²) >= 11 is 17.5. The smallest absolute Gasteiger partial charge is 0.338 e. The summed E-state index contributed by atoms with van der Waals surface area (Å²) in [5.41, 5.74) is 3.04. The Balaban J connectivity index is 1.85. The normalized spacial score (nSPS) is 15.9. The van der Waals surface area contributed by atoms with Crippen LogP contribution in [0.2, 0.25) is 10.0 Å². The molecule has 1 aliphatic rings. The number of hydrogen-bond acceptors (Lipinski definition) is 4. The van der Waals surface area contributed by atoms with Crippen LogP contribution < -0.4 is 10.6 Å². The summed E-state index contributed by atoms with van der Waals surface area (Å²) in [5, 5.41) is 7.40. The molecule has 0 aromatic heterocycles. The molecule has 0 saturated carbocycles. The molecule has 1 amide bonds. The molecular formula is C25H27Cl2N3O3S. The first kappa shape index (κ1) is 26.0. The first-order chi connectivity index (χ1) is 16.1. The van der Waals surface area contributed by atoms with Gasteiger partial charge in [0, 0.05) is 33.5 Å². The molecule has 180 valence electrons. The summed E-state index contributed by atoms with van der Waals surface area (Å²) in [7, 11) is 0. The Labute approximate surface area is 215 Å². The van der Waals surface area contributed by atoms with Crippen molar-refractivity contribution < 1.29 is 14.3 Å². The zero-order valence-electron chi connectivity index (χ0n) is 19.4. The Bertz CT molecular complexity index is 1110. The van der Waals surface area contributed by atoms with Gasteiger partial charge in [-0.2, -0.15) is 0 Å². The number of benzene rings is 2. The maximum absolute atomic E-state index is 13.0. The monoisotopic (exact) mass is 519 g/mol. The fraction of sp³-hybridized carbons (Fsp3) is 0.320. The summed E-state index contributed by atoms with van der Waals surface area (Å²) in [6.45, 7) is 8.78. The third-order valence-electron chi connectivity index (χ3n) is 5.31. The molecule has 0 spiro atoms. The van der Waals surface area contributed by atoms with Crippen LogP contribution in [-0.2, 0) is 9.53 Å². The van der Waals surface area contributed by atoms with Crippen molar-refractivity contribution in [1.29, 1.82) is 0 Å². The Kier molecular flexibility index (Phi) is 8.57. The predicted octanol–water partition coefficient (Wildman–Crippen LogP) is 5.97. The number of rotatable bonds is 7. The van der Waals surface area contributed by atoms with Gasteiger partial charge in [0.15, 0.2) is 5.11 Å². The topological polar surface area (TPSA) is 70.7 Å². The number of anilines is 1. The highest BCUT2D eigenvalue weighted by Crippen LogP contribution is 2.32. The van der Waals surface area contributed by atoms with E-state index in [4.69, 9.17) is 40.2 Å². The van der Waals surface area contributed by atoms with Crippen LogP contribution in [0.15, 0.2) is 53.7 Å². The lowest BCUT2D eigenvalue weighted by Crippen LogP contribution is -2.47. The van der Waals surface area contributed by atoms with Gasteiger partial charge in [0.1, 0.15) is 0 Å². The number of carbonyl (C=O) groups excluding carboxylic acids is 2. The third kappa shape index (κ3) is 6.09. The molecule has 3 rings (SSSR count). The molecule has 2 N–H and O–H groups in total. The molecular weight excluding hydrogens is 493 g/mol. The molecule has 1 heterocycles. The van der Waals surface area contributed by atoms with Crippen molar-refractivity contribution in [3.8, 4) is 0 Å². The average molecular weight is 520 g/mol. The molecule has 0 bridgehead atoms. The Hall–Kier alpha value is -2.61. The first-order valence-electron chi connectivity index (χ1n) is 10.9. The van der Waals surface area contributed by atoms with Crippen LogP contribution in [0.1, 0.15) is 49.7 Å². The van der Waals surface area contributed by atoms with Gasteiger partial charge in [-0.25, -0.2) is 4.79 Å². The maximum atomic E-state index is 13.0. The van der Waals surface area contributed by atoms with E-state index >= 15 is 0 Å². The van der Waals surface area contributed by atoms with E-state index in [2.05, 4.69) is 10.6 Å². The number of hydrogen-bond donors (Lipinski definition) is 2. The number of amides is 1. The van der Waals surface area contributed by atoms with Crippen molar-refractivity contribution >= 4 is 58.1 Å².